The molecule has 1 amide bonds. The van der Waals surface area contributed by atoms with Crippen molar-refractivity contribution in [1.29, 1.82) is 0 Å². The summed E-state index contributed by atoms with van der Waals surface area (Å²) in [7, 11) is 0. The molecular formula is C20H16FNO. The smallest absolute Gasteiger partial charge is 0.255 e. The lowest BCUT2D eigenvalue weighted by Crippen LogP contribution is -2.12. The first-order valence-corrected chi connectivity index (χ1v) is 7.36. The van der Waals surface area contributed by atoms with E-state index in [1.165, 1.54) is 12.1 Å². The summed E-state index contributed by atoms with van der Waals surface area (Å²) < 4.78 is 13.3. The molecule has 3 aromatic carbocycles. The van der Waals surface area contributed by atoms with E-state index >= 15 is 0 Å². The molecule has 3 rings (SSSR count). The van der Waals surface area contributed by atoms with Gasteiger partial charge in [0.2, 0.25) is 0 Å². The van der Waals surface area contributed by atoms with Crippen LogP contribution in [0.25, 0.3) is 11.1 Å². The standard InChI is InChI=1S/C20H16FNO/c1-14-7-12-18(21)13-19(14)22-20(23)17-10-8-16(9-11-17)15-5-3-2-4-6-15/h2-13H,1H3,(H,22,23). The van der Waals surface area contributed by atoms with Crippen molar-refractivity contribution in [3.63, 3.8) is 0 Å². The Morgan fingerprint density at radius 2 is 1.52 bits per heavy atom. The van der Waals surface area contributed by atoms with Crippen LogP contribution >= 0.6 is 0 Å². The molecule has 0 saturated carbocycles. The molecule has 0 bridgehead atoms. The molecule has 1 N–H and O–H groups in total. The summed E-state index contributed by atoms with van der Waals surface area (Å²) >= 11 is 0. The highest BCUT2D eigenvalue weighted by atomic mass is 19.1. The summed E-state index contributed by atoms with van der Waals surface area (Å²) in [4.78, 5) is 12.3. The summed E-state index contributed by atoms with van der Waals surface area (Å²) in [6.07, 6.45) is 0. The fraction of sp³-hybridized carbons (Fsp3) is 0.0500. The van der Waals surface area contributed by atoms with Crippen LogP contribution in [-0.4, -0.2) is 5.91 Å². The minimum absolute atomic E-state index is 0.252. The number of halogens is 1. The van der Waals surface area contributed by atoms with E-state index in [0.717, 1.165) is 16.7 Å². The Morgan fingerprint density at radius 3 is 2.22 bits per heavy atom. The number of carbonyl (C=O) groups is 1. The van der Waals surface area contributed by atoms with E-state index in [9.17, 15) is 9.18 Å². The maximum absolute atomic E-state index is 13.3. The normalized spacial score (nSPS) is 10.3. The fourth-order valence-electron chi connectivity index (χ4n) is 2.37. The molecule has 3 heteroatoms. The quantitative estimate of drug-likeness (QED) is 0.720. The van der Waals surface area contributed by atoms with E-state index in [-0.39, 0.29) is 11.7 Å². The van der Waals surface area contributed by atoms with Gasteiger partial charge in [0.1, 0.15) is 5.82 Å². The minimum atomic E-state index is -0.370. The van der Waals surface area contributed by atoms with Crippen molar-refractivity contribution in [3.8, 4) is 11.1 Å². The Kier molecular flexibility index (Phi) is 4.20. The molecule has 0 aliphatic heterocycles. The third kappa shape index (κ3) is 3.46. The topological polar surface area (TPSA) is 29.1 Å². The number of nitrogens with one attached hydrogen (secondary N) is 1. The second-order valence-corrected chi connectivity index (χ2v) is 5.36. The zero-order valence-corrected chi connectivity index (χ0v) is 12.7. The van der Waals surface area contributed by atoms with E-state index in [0.29, 0.717) is 11.3 Å². The molecule has 0 aromatic heterocycles. The molecule has 0 fully saturated rings. The lowest BCUT2D eigenvalue weighted by atomic mass is 10.0. The van der Waals surface area contributed by atoms with Gasteiger partial charge in [0.05, 0.1) is 0 Å². The highest BCUT2D eigenvalue weighted by molar-refractivity contribution is 6.04. The molecule has 23 heavy (non-hydrogen) atoms. The van der Waals surface area contributed by atoms with Gasteiger partial charge in [0.15, 0.2) is 0 Å². The second-order valence-electron chi connectivity index (χ2n) is 5.36. The van der Waals surface area contributed by atoms with Crippen LogP contribution in [0.2, 0.25) is 0 Å². The van der Waals surface area contributed by atoms with Crippen LogP contribution in [0.4, 0.5) is 10.1 Å². The maximum Gasteiger partial charge on any atom is 0.255 e. The first kappa shape index (κ1) is 15.0. The van der Waals surface area contributed by atoms with Gasteiger partial charge in [-0.2, -0.15) is 0 Å². The third-order valence-corrected chi connectivity index (χ3v) is 3.70. The summed E-state index contributed by atoms with van der Waals surface area (Å²) in [5.74, 6) is -0.622. The number of rotatable bonds is 3. The maximum atomic E-state index is 13.3. The Morgan fingerprint density at radius 1 is 0.870 bits per heavy atom. The van der Waals surface area contributed by atoms with Gasteiger partial charge in [-0.3, -0.25) is 4.79 Å². The molecule has 3 aromatic rings. The molecule has 0 aliphatic carbocycles. The van der Waals surface area contributed by atoms with Crippen LogP contribution in [0.5, 0.6) is 0 Å². The summed E-state index contributed by atoms with van der Waals surface area (Å²) in [5, 5.41) is 2.75. The highest BCUT2D eigenvalue weighted by Gasteiger charge is 2.09. The van der Waals surface area contributed by atoms with Crippen molar-refractivity contribution >= 4 is 11.6 Å². The second kappa shape index (κ2) is 6.44. The van der Waals surface area contributed by atoms with Crippen LogP contribution < -0.4 is 5.32 Å². The molecule has 0 atom stereocenters. The summed E-state index contributed by atoms with van der Waals surface area (Å²) in [5.41, 5.74) is 3.99. The van der Waals surface area contributed by atoms with Crippen molar-refractivity contribution in [2.75, 3.05) is 5.32 Å². The van der Waals surface area contributed by atoms with Crippen LogP contribution in [0.1, 0.15) is 15.9 Å². The molecule has 0 heterocycles. The number of hydrogen-bond acceptors (Lipinski definition) is 1. The first-order valence-electron chi connectivity index (χ1n) is 7.36. The number of hydrogen-bond donors (Lipinski definition) is 1. The number of amides is 1. The highest BCUT2D eigenvalue weighted by Crippen LogP contribution is 2.21. The largest absolute Gasteiger partial charge is 0.322 e. The van der Waals surface area contributed by atoms with Gasteiger partial charge in [0, 0.05) is 11.3 Å². The van der Waals surface area contributed by atoms with E-state index in [4.69, 9.17) is 0 Å². The zero-order valence-electron chi connectivity index (χ0n) is 12.7. The monoisotopic (exact) mass is 305 g/mol. The molecule has 2 nitrogen and oxygen atoms in total. The molecule has 0 unspecified atom stereocenters. The average molecular weight is 305 g/mol. The van der Waals surface area contributed by atoms with Crippen molar-refractivity contribution < 1.29 is 9.18 Å². The van der Waals surface area contributed by atoms with Crippen molar-refractivity contribution in [3.05, 3.63) is 89.7 Å². The Balaban J connectivity index is 1.79. The number of benzene rings is 3. The molecule has 0 aliphatic rings. The third-order valence-electron chi connectivity index (χ3n) is 3.70. The van der Waals surface area contributed by atoms with Crippen LogP contribution in [0.3, 0.4) is 0 Å². The van der Waals surface area contributed by atoms with Crippen molar-refractivity contribution in [1.82, 2.24) is 0 Å². The number of aryl methyl sites for hydroxylation is 1. The van der Waals surface area contributed by atoms with E-state index in [1.807, 2.05) is 49.4 Å². The van der Waals surface area contributed by atoms with Gasteiger partial charge in [-0.25, -0.2) is 4.39 Å². The predicted octanol–water partition coefficient (Wildman–Crippen LogP) is 5.05. The van der Waals surface area contributed by atoms with E-state index in [2.05, 4.69) is 5.32 Å². The summed E-state index contributed by atoms with van der Waals surface area (Å²) in [6.45, 7) is 1.83. The SMILES string of the molecule is Cc1ccc(F)cc1NC(=O)c1ccc(-c2ccccc2)cc1. The Bertz CT molecular complexity index is 826. The van der Waals surface area contributed by atoms with E-state index in [1.54, 1.807) is 18.2 Å². The molecule has 114 valence electrons. The minimum Gasteiger partial charge on any atom is -0.322 e. The van der Waals surface area contributed by atoms with Crippen LogP contribution in [0.15, 0.2) is 72.8 Å². The van der Waals surface area contributed by atoms with Gasteiger partial charge in [-0.15, -0.1) is 0 Å². The van der Waals surface area contributed by atoms with Crippen molar-refractivity contribution in [2.45, 2.75) is 6.92 Å². The number of carbonyl (C=O) groups excluding carboxylic acids is 1. The molecule has 0 saturated heterocycles. The van der Waals surface area contributed by atoms with Crippen molar-refractivity contribution in [2.24, 2.45) is 0 Å². The van der Waals surface area contributed by atoms with Crippen LogP contribution in [0, 0.1) is 12.7 Å². The predicted molar refractivity (Wildman–Crippen MR) is 91.0 cm³/mol. The lowest BCUT2D eigenvalue weighted by molar-refractivity contribution is 0.102. The zero-order chi connectivity index (χ0) is 16.2. The Labute approximate surface area is 134 Å². The molecular weight excluding hydrogens is 289 g/mol. The Hall–Kier alpha value is -2.94. The number of anilines is 1. The van der Waals surface area contributed by atoms with Gasteiger partial charge in [-0.1, -0.05) is 48.5 Å². The van der Waals surface area contributed by atoms with E-state index < -0.39 is 0 Å². The van der Waals surface area contributed by atoms with Crippen LogP contribution in [-0.2, 0) is 0 Å². The molecule has 0 radical (unpaired) electrons. The fourth-order valence-corrected chi connectivity index (χ4v) is 2.37. The summed E-state index contributed by atoms with van der Waals surface area (Å²) in [6, 6.07) is 21.6. The first-order chi connectivity index (χ1) is 11.1. The van der Waals surface area contributed by atoms with Gasteiger partial charge < -0.3 is 5.32 Å². The van der Waals surface area contributed by atoms with Gasteiger partial charge >= 0.3 is 0 Å². The molecule has 0 spiro atoms. The average Bonchev–Trinajstić information content (AvgIpc) is 2.59. The van der Waals surface area contributed by atoms with Gasteiger partial charge in [0.25, 0.3) is 5.91 Å². The van der Waals surface area contributed by atoms with Gasteiger partial charge in [-0.05, 0) is 47.9 Å². The lowest BCUT2D eigenvalue weighted by Gasteiger charge is -2.09.